The van der Waals surface area contributed by atoms with Gasteiger partial charge in [0.1, 0.15) is 11.5 Å². The number of nitrogens with zero attached hydrogens (tertiary/aromatic N) is 5. The molecule has 0 N–H and O–H groups in total. The van der Waals surface area contributed by atoms with Crippen LogP contribution in [0, 0.1) is 5.82 Å². The van der Waals surface area contributed by atoms with Crippen molar-refractivity contribution in [2.75, 3.05) is 5.75 Å². The zero-order valence-electron chi connectivity index (χ0n) is 17.7. The number of alkyl halides is 3. The third-order valence-electron chi connectivity index (χ3n) is 5.00. The summed E-state index contributed by atoms with van der Waals surface area (Å²) in [7, 11) is 0.813. The van der Waals surface area contributed by atoms with Gasteiger partial charge in [0.25, 0.3) is 5.56 Å². The van der Waals surface area contributed by atoms with E-state index in [1.165, 1.54) is 4.90 Å². The molecule has 0 aliphatic carbocycles. The maximum atomic E-state index is 14.7. The average Bonchev–Trinajstić information content (AvgIpc) is 3.12. The Kier molecular flexibility index (Phi) is 6.56. The lowest BCUT2D eigenvalue weighted by Gasteiger charge is -2.17. The summed E-state index contributed by atoms with van der Waals surface area (Å²) in [6.07, 6.45) is -1.82. The van der Waals surface area contributed by atoms with Crippen LogP contribution in [-0.2, 0) is 24.6 Å². The van der Waals surface area contributed by atoms with Crippen molar-refractivity contribution in [3.8, 4) is 5.69 Å². The van der Waals surface area contributed by atoms with Gasteiger partial charge in [-0.15, -0.1) is 0 Å². The number of benzene rings is 1. The van der Waals surface area contributed by atoms with Crippen LogP contribution in [0.15, 0.2) is 57.3 Å². The molecule has 0 unspecified atom stereocenters. The Balaban J connectivity index is 1.81. The summed E-state index contributed by atoms with van der Waals surface area (Å²) in [6.45, 7) is 0.156. The number of carbonyl (C=O) groups excluding carboxylic acids is 1. The largest absolute Gasteiger partial charge is 0.431 e. The molecule has 3 aromatic rings. The molecular weight excluding hydrogens is 514 g/mol. The van der Waals surface area contributed by atoms with Gasteiger partial charge >= 0.3 is 11.9 Å². The van der Waals surface area contributed by atoms with Crippen LogP contribution in [0.1, 0.15) is 11.3 Å². The lowest BCUT2D eigenvalue weighted by atomic mass is 10.2. The second kappa shape index (κ2) is 9.30. The number of hydrogen-bond donors (Lipinski definition) is 0. The maximum absolute atomic E-state index is 14.7. The van der Waals surface area contributed by atoms with E-state index in [0.29, 0.717) is 0 Å². The van der Waals surface area contributed by atoms with Crippen LogP contribution < -0.4 is 11.2 Å². The summed E-state index contributed by atoms with van der Waals surface area (Å²) in [6, 6.07) is 5.41. The van der Waals surface area contributed by atoms with Gasteiger partial charge in [-0.2, -0.15) is 13.2 Å². The Morgan fingerprint density at radius 1 is 1.20 bits per heavy atom. The Hall–Kier alpha value is -3.45. The van der Waals surface area contributed by atoms with E-state index in [9.17, 15) is 31.9 Å². The molecule has 35 heavy (non-hydrogen) atoms. The molecule has 1 fully saturated rings. The molecule has 14 heteroatoms. The lowest BCUT2D eigenvalue weighted by Crippen LogP contribution is -2.41. The highest BCUT2D eigenvalue weighted by Crippen LogP contribution is 2.33. The maximum Gasteiger partial charge on any atom is 0.431 e. The van der Waals surface area contributed by atoms with Gasteiger partial charge in [0.15, 0.2) is 5.17 Å². The number of amidine groups is 1. The Morgan fingerprint density at radius 3 is 2.60 bits per heavy atom. The lowest BCUT2D eigenvalue weighted by molar-refractivity contribution is -0.144. The molecule has 0 radical (unpaired) electrons. The molecule has 1 aliphatic heterocycles. The van der Waals surface area contributed by atoms with Crippen LogP contribution in [0.5, 0.6) is 0 Å². The second-order valence-corrected chi connectivity index (χ2v) is 8.67. The van der Waals surface area contributed by atoms with Crippen LogP contribution in [0.25, 0.3) is 5.69 Å². The summed E-state index contributed by atoms with van der Waals surface area (Å²) in [4.78, 5) is 47.0. The molecule has 8 nitrogen and oxygen atoms in total. The number of amides is 1. The first-order valence-corrected chi connectivity index (χ1v) is 11.1. The van der Waals surface area contributed by atoms with Crippen molar-refractivity contribution in [3.63, 3.8) is 0 Å². The summed E-state index contributed by atoms with van der Waals surface area (Å²) in [5.41, 5.74) is -4.28. The third kappa shape index (κ3) is 4.86. The van der Waals surface area contributed by atoms with Crippen LogP contribution in [0.2, 0.25) is 5.02 Å². The highest BCUT2D eigenvalue weighted by atomic mass is 35.5. The quantitative estimate of drug-likeness (QED) is 0.485. The molecule has 1 amide bonds. The summed E-state index contributed by atoms with van der Waals surface area (Å²) >= 11 is 7.21. The Bertz CT molecular complexity index is 1470. The van der Waals surface area contributed by atoms with Crippen molar-refractivity contribution in [1.82, 2.24) is 19.0 Å². The number of pyridine rings is 1. The molecule has 2 aromatic heterocycles. The Morgan fingerprint density at radius 2 is 1.94 bits per heavy atom. The standard InChI is InChI=1S/C21H14ClF4N5O3S/c1-29-16(21(24,25)26)7-17(32)31(20(29)34)15-6-14(12(22)5-13(15)23)28-19-30(18(33)10-35-19)9-11-3-2-4-27-8-11/h2-8H,9-10H2,1H3. The second-order valence-electron chi connectivity index (χ2n) is 7.32. The Labute approximate surface area is 203 Å². The minimum Gasteiger partial charge on any atom is -0.292 e. The van der Waals surface area contributed by atoms with E-state index in [2.05, 4.69) is 9.98 Å². The zero-order chi connectivity index (χ0) is 25.5. The van der Waals surface area contributed by atoms with Gasteiger partial charge in [-0.05, 0) is 23.8 Å². The van der Waals surface area contributed by atoms with Crippen molar-refractivity contribution >= 4 is 40.1 Å². The fourth-order valence-electron chi connectivity index (χ4n) is 3.32. The predicted molar refractivity (Wildman–Crippen MR) is 122 cm³/mol. The van der Waals surface area contributed by atoms with E-state index in [1.807, 2.05) is 0 Å². The number of hydrogen-bond acceptors (Lipinski definition) is 6. The van der Waals surface area contributed by atoms with E-state index < -0.39 is 34.6 Å². The van der Waals surface area contributed by atoms with E-state index >= 15 is 0 Å². The molecule has 1 aromatic carbocycles. The zero-order valence-corrected chi connectivity index (χ0v) is 19.3. The number of aliphatic imine (C=N–C) groups is 1. The van der Waals surface area contributed by atoms with Crippen LogP contribution in [0.3, 0.4) is 0 Å². The van der Waals surface area contributed by atoms with Crippen molar-refractivity contribution in [2.45, 2.75) is 12.7 Å². The predicted octanol–water partition coefficient (Wildman–Crippen LogP) is 3.51. The smallest absolute Gasteiger partial charge is 0.292 e. The van der Waals surface area contributed by atoms with Crippen LogP contribution >= 0.6 is 23.4 Å². The number of halogens is 5. The van der Waals surface area contributed by atoms with Gasteiger partial charge in [0.05, 0.1) is 28.7 Å². The SMILES string of the molecule is Cn1c(C(F)(F)F)cc(=O)n(-c2cc(N=C3SCC(=O)N3Cc3cccnc3)c(Cl)cc2F)c1=O. The van der Waals surface area contributed by atoms with E-state index in [4.69, 9.17) is 11.6 Å². The van der Waals surface area contributed by atoms with Crippen molar-refractivity contribution in [3.05, 3.63) is 85.7 Å². The highest BCUT2D eigenvalue weighted by molar-refractivity contribution is 8.15. The fraction of sp³-hybridized carbons (Fsp3) is 0.190. The van der Waals surface area contributed by atoms with Gasteiger partial charge in [-0.25, -0.2) is 18.7 Å². The first kappa shape index (κ1) is 24.7. The molecule has 0 bridgehead atoms. The molecular formula is C21H14ClF4N5O3S. The molecule has 1 saturated heterocycles. The normalized spacial score (nSPS) is 15.3. The number of thioether (sulfide) groups is 1. The molecule has 0 atom stereocenters. The van der Waals surface area contributed by atoms with Gasteiger partial charge in [0, 0.05) is 25.5 Å². The van der Waals surface area contributed by atoms with E-state index in [-0.39, 0.29) is 49.3 Å². The van der Waals surface area contributed by atoms with Crippen LogP contribution in [-0.4, -0.2) is 35.8 Å². The molecule has 3 heterocycles. The van der Waals surface area contributed by atoms with Gasteiger partial charge in [-0.1, -0.05) is 29.4 Å². The van der Waals surface area contributed by atoms with Crippen molar-refractivity contribution in [1.29, 1.82) is 0 Å². The number of rotatable bonds is 4. The average molecular weight is 528 g/mol. The number of aromatic nitrogens is 3. The molecule has 182 valence electrons. The van der Waals surface area contributed by atoms with Crippen LogP contribution in [0.4, 0.5) is 23.2 Å². The van der Waals surface area contributed by atoms with Crippen molar-refractivity contribution in [2.24, 2.45) is 12.0 Å². The third-order valence-corrected chi connectivity index (χ3v) is 6.27. The monoisotopic (exact) mass is 527 g/mol. The van der Waals surface area contributed by atoms with Gasteiger partial charge in [0.2, 0.25) is 5.91 Å². The first-order valence-electron chi connectivity index (χ1n) is 9.78. The highest BCUT2D eigenvalue weighted by Gasteiger charge is 2.35. The molecule has 4 rings (SSSR count). The minimum absolute atomic E-state index is 0.0870. The van der Waals surface area contributed by atoms with E-state index in [1.54, 1.807) is 24.5 Å². The summed E-state index contributed by atoms with van der Waals surface area (Å²) < 4.78 is 54.6. The van der Waals surface area contributed by atoms with Crippen molar-refractivity contribution < 1.29 is 22.4 Å². The number of carbonyl (C=O) groups is 1. The minimum atomic E-state index is -4.97. The molecule has 0 spiro atoms. The fourth-order valence-corrected chi connectivity index (χ4v) is 4.40. The summed E-state index contributed by atoms with van der Waals surface area (Å²) in [5.74, 6) is -1.28. The summed E-state index contributed by atoms with van der Waals surface area (Å²) in [5, 5.41) is 0.0304. The molecule has 0 saturated carbocycles. The van der Waals surface area contributed by atoms with Gasteiger partial charge in [-0.3, -0.25) is 24.0 Å². The topological polar surface area (TPSA) is 89.6 Å². The first-order chi connectivity index (χ1) is 16.5. The van der Waals surface area contributed by atoms with Gasteiger partial charge < -0.3 is 0 Å². The molecule has 1 aliphatic rings. The van der Waals surface area contributed by atoms with E-state index in [0.717, 1.165) is 36.5 Å².